The molecule has 8 heteroatoms. The molecule has 0 bridgehead atoms. The highest BCUT2D eigenvalue weighted by molar-refractivity contribution is 7.89. The average Bonchev–Trinajstić information content (AvgIpc) is 2.67. The summed E-state index contributed by atoms with van der Waals surface area (Å²) in [6.45, 7) is 5.19. The van der Waals surface area contributed by atoms with E-state index in [-0.39, 0.29) is 17.2 Å². The zero-order valence-electron chi connectivity index (χ0n) is 15.6. The Morgan fingerprint density at radius 3 is 2.59 bits per heavy atom. The summed E-state index contributed by atoms with van der Waals surface area (Å²) in [5.41, 5.74) is 1.16. The van der Waals surface area contributed by atoms with Crippen molar-refractivity contribution in [2.24, 2.45) is 0 Å². The predicted octanol–water partition coefficient (Wildman–Crippen LogP) is 2.46. The molecule has 3 rings (SSSR count). The van der Waals surface area contributed by atoms with Crippen LogP contribution in [0.15, 0.2) is 35.2 Å². The number of Topliss-reactive ketones (excluding diaryl/α,β-unsaturated/α-hetero) is 1. The second kappa shape index (κ2) is 8.14. The highest BCUT2D eigenvalue weighted by Gasteiger charge is 2.18. The van der Waals surface area contributed by atoms with Gasteiger partial charge in [0.05, 0.1) is 11.4 Å². The van der Waals surface area contributed by atoms with Gasteiger partial charge < -0.3 is 4.90 Å². The van der Waals surface area contributed by atoms with Gasteiger partial charge in [0.25, 0.3) is 0 Å². The molecule has 1 aromatic carbocycles. The van der Waals surface area contributed by atoms with Crippen LogP contribution in [0.4, 0.5) is 5.82 Å². The molecule has 0 aliphatic carbocycles. The van der Waals surface area contributed by atoms with Crippen LogP contribution in [0.1, 0.15) is 48.1 Å². The number of ketones is 1. The molecule has 1 aliphatic heterocycles. The zero-order valence-corrected chi connectivity index (χ0v) is 16.4. The van der Waals surface area contributed by atoms with Gasteiger partial charge in [-0.3, -0.25) is 4.79 Å². The summed E-state index contributed by atoms with van der Waals surface area (Å²) in [5, 5.41) is 0. The molecule has 0 atom stereocenters. The molecule has 144 valence electrons. The van der Waals surface area contributed by atoms with Crippen LogP contribution in [-0.4, -0.2) is 37.3 Å². The number of aryl methyl sites for hydroxylation is 1. The number of hydrogen-bond acceptors (Lipinski definition) is 6. The Labute approximate surface area is 159 Å². The van der Waals surface area contributed by atoms with Gasteiger partial charge in [-0.25, -0.2) is 23.1 Å². The second-order valence-electron chi connectivity index (χ2n) is 6.74. The van der Waals surface area contributed by atoms with Crippen LogP contribution < -0.4 is 9.62 Å². The number of hydrogen-bond donors (Lipinski definition) is 1. The predicted molar refractivity (Wildman–Crippen MR) is 103 cm³/mol. The van der Waals surface area contributed by atoms with Crippen molar-refractivity contribution in [2.75, 3.05) is 18.0 Å². The quantitative estimate of drug-likeness (QED) is 0.764. The van der Waals surface area contributed by atoms with Crippen molar-refractivity contribution in [3.63, 3.8) is 0 Å². The lowest BCUT2D eigenvalue weighted by Gasteiger charge is -2.28. The molecule has 0 amide bonds. The van der Waals surface area contributed by atoms with Gasteiger partial charge in [-0.1, -0.05) is 12.1 Å². The Bertz CT molecular complexity index is 938. The Hall–Kier alpha value is -2.32. The Morgan fingerprint density at radius 1 is 1.15 bits per heavy atom. The smallest absolute Gasteiger partial charge is 0.240 e. The summed E-state index contributed by atoms with van der Waals surface area (Å²) in [7, 11) is -3.76. The SMILES string of the molecule is CC(=O)c1cccc(S(=O)(=O)NCc2nc(C)cc(N3CCCCC3)n2)c1. The van der Waals surface area contributed by atoms with Gasteiger partial charge in [0.1, 0.15) is 11.6 Å². The van der Waals surface area contributed by atoms with Crippen LogP contribution in [0.2, 0.25) is 0 Å². The highest BCUT2D eigenvalue weighted by Crippen LogP contribution is 2.19. The van der Waals surface area contributed by atoms with Crippen LogP contribution in [0.25, 0.3) is 0 Å². The standard InChI is InChI=1S/C19H24N4O3S/c1-14-11-19(23-9-4-3-5-10-23)22-18(21-14)13-20-27(25,26)17-8-6-7-16(12-17)15(2)24/h6-8,11-12,20H,3-5,9-10,13H2,1-2H3. The molecular weight excluding hydrogens is 364 g/mol. The first-order chi connectivity index (χ1) is 12.8. The lowest BCUT2D eigenvalue weighted by atomic mass is 10.1. The van der Waals surface area contributed by atoms with Gasteiger partial charge in [0, 0.05) is 30.4 Å². The van der Waals surface area contributed by atoms with Crippen molar-refractivity contribution >= 4 is 21.6 Å². The van der Waals surface area contributed by atoms with E-state index < -0.39 is 10.0 Å². The van der Waals surface area contributed by atoms with E-state index in [1.165, 1.54) is 25.5 Å². The number of nitrogens with one attached hydrogen (secondary N) is 1. The first kappa shape index (κ1) is 19.4. The summed E-state index contributed by atoms with van der Waals surface area (Å²) < 4.78 is 27.7. The third-order valence-electron chi connectivity index (χ3n) is 4.54. The second-order valence-corrected chi connectivity index (χ2v) is 8.51. The molecule has 1 fully saturated rings. The van der Waals surface area contributed by atoms with E-state index >= 15 is 0 Å². The minimum atomic E-state index is -3.76. The Kier molecular flexibility index (Phi) is 5.86. The molecule has 27 heavy (non-hydrogen) atoms. The first-order valence-corrected chi connectivity index (χ1v) is 10.5. The van der Waals surface area contributed by atoms with Crippen LogP contribution in [-0.2, 0) is 16.6 Å². The Morgan fingerprint density at radius 2 is 1.89 bits per heavy atom. The van der Waals surface area contributed by atoms with Crippen molar-refractivity contribution in [2.45, 2.75) is 44.6 Å². The molecule has 0 saturated carbocycles. The van der Waals surface area contributed by atoms with E-state index in [0.717, 1.165) is 37.4 Å². The van der Waals surface area contributed by atoms with Gasteiger partial charge in [0.15, 0.2) is 5.78 Å². The van der Waals surface area contributed by atoms with E-state index in [2.05, 4.69) is 19.6 Å². The molecule has 0 radical (unpaired) electrons. The number of carbonyl (C=O) groups is 1. The fourth-order valence-corrected chi connectivity index (χ4v) is 4.13. The number of rotatable bonds is 6. The molecule has 2 aromatic rings. The molecule has 2 heterocycles. The maximum Gasteiger partial charge on any atom is 0.240 e. The average molecular weight is 388 g/mol. The minimum Gasteiger partial charge on any atom is -0.357 e. The zero-order chi connectivity index (χ0) is 19.4. The number of anilines is 1. The van der Waals surface area contributed by atoms with Crippen LogP contribution >= 0.6 is 0 Å². The van der Waals surface area contributed by atoms with Crippen molar-refractivity contribution < 1.29 is 13.2 Å². The lowest BCUT2D eigenvalue weighted by molar-refractivity contribution is 0.101. The molecular formula is C19H24N4O3S. The molecule has 7 nitrogen and oxygen atoms in total. The number of sulfonamides is 1. The number of aromatic nitrogens is 2. The van der Waals surface area contributed by atoms with E-state index in [9.17, 15) is 13.2 Å². The van der Waals surface area contributed by atoms with Crippen molar-refractivity contribution in [1.29, 1.82) is 0 Å². The minimum absolute atomic E-state index is 0.00481. The monoisotopic (exact) mass is 388 g/mol. The molecule has 1 N–H and O–H groups in total. The van der Waals surface area contributed by atoms with Gasteiger partial charge in [-0.2, -0.15) is 0 Å². The molecule has 1 saturated heterocycles. The topological polar surface area (TPSA) is 92.3 Å². The van der Waals surface area contributed by atoms with E-state index in [4.69, 9.17) is 0 Å². The fourth-order valence-electron chi connectivity index (χ4n) is 3.10. The summed E-state index contributed by atoms with van der Waals surface area (Å²) in [6.07, 6.45) is 3.50. The summed E-state index contributed by atoms with van der Waals surface area (Å²) in [4.78, 5) is 22.6. The maximum absolute atomic E-state index is 12.6. The number of nitrogens with zero attached hydrogens (tertiary/aromatic N) is 3. The summed E-state index contributed by atoms with van der Waals surface area (Å²) >= 11 is 0. The largest absolute Gasteiger partial charge is 0.357 e. The van der Waals surface area contributed by atoms with E-state index in [1.54, 1.807) is 12.1 Å². The van der Waals surface area contributed by atoms with Crippen LogP contribution in [0.3, 0.4) is 0 Å². The van der Waals surface area contributed by atoms with Crippen LogP contribution in [0.5, 0.6) is 0 Å². The molecule has 0 spiro atoms. The van der Waals surface area contributed by atoms with E-state index in [1.807, 2.05) is 13.0 Å². The lowest BCUT2D eigenvalue weighted by Crippen LogP contribution is -2.31. The maximum atomic E-state index is 12.6. The third kappa shape index (κ3) is 4.90. The van der Waals surface area contributed by atoms with Crippen LogP contribution in [0, 0.1) is 6.92 Å². The Balaban J connectivity index is 1.76. The third-order valence-corrected chi connectivity index (χ3v) is 5.94. The number of piperidine rings is 1. The summed E-state index contributed by atoms with van der Waals surface area (Å²) in [5.74, 6) is 1.09. The van der Waals surface area contributed by atoms with Gasteiger partial charge in [0.2, 0.25) is 10.0 Å². The van der Waals surface area contributed by atoms with Crippen molar-refractivity contribution in [3.05, 3.63) is 47.4 Å². The van der Waals surface area contributed by atoms with Gasteiger partial charge in [-0.05, 0) is 45.2 Å². The van der Waals surface area contributed by atoms with Gasteiger partial charge in [-0.15, -0.1) is 0 Å². The molecule has 1 aromatic heterocycles. The highest BCUT2D eigenvalue weighted by atomic mass is 32.2. The molecule has 0 unspecified atom stereocenters. The fraction of sp³-hybridized carbons (Fsp3) is 0.421. The number of carbonyl (C=O) groups excluding carboxylic acids is 1. The van der Waals surface area contributed by atoms with E-state index in [0.29, 0.717) is 11.4 Å². The van der Waals surface area contributed by atoms with Crippen molar-refractivity contribution in [1.82, 2.24) is 14.7 Å². The summed E-state index contributed by atoms with van der Waals surface area (Å²) in [6, 6.07) is 7.92. The molecule has 1 aliphatic rings. The normalized spacial score (nSPS) is 15.0. The number of benzene rings is 1. The first-order valence-electron chi connectivity index (χ1n) is 9.05. The van der Waals surface area contributed by atoms with Crippen molar-refractivity contribution in [3.8, 4) is 0 Å². The van der Waals surface area contributed by atoms with Gasteiger partial charge >= 0.3 is 0 Å².